The van der Waals surface area contributed by atoms with Crippen molar-refractivity contribution in [2.24, 2.45) is 0 Å². The van der Waals surface area contributed by atoms with E-state index in [0.29, 0.717) is 29.4 Å². The van der Waals surface area contributed by atoms with E-state index in [1.54, 1.807) is 42.6 Å². The Morgan fingerprint density at radius 2 is 2.00 bits per heavy atom. The third kappa shape index (κ3) is 4.05. The molecule has 0 unspecified atom stereocenters. The zero-order valence-corrected chi connectivity index (χ0v) is 12.4. The fourth-order valence-corrected chi connectivity index (χ4v) is 1.88. The summed E-state index contributed by atoms with van der Waals surface area (Å²) in [7, 11) is 0. The third-order valence-electron chi connectivity index (χ3n) is 2.75. The van der Waals surface area contributed by atoms with Crippen LogP contribution in [0.25, 0.3) is 0 Å². The van der Waals surface area contributed by atoms with E-state index in [-0.39, 0.29) is 11.8 Å². The molecular formula is C16H17N3O3. The van der Waals surface area contributed by atoms with Gasteiger partial charge in [0.25, 0.3) is 5.91 Å². The minimum atomic E-state index is -0.327. The Morgan fingerprint density at radius 3 is 2.73 bits per heavy atom. The third-order valence-corrected chi connectivity index (χ3v) is 2.75. The van der Waals surface area contributed by atoms with Crippen molar-refractivity contribution in [1.29, 1.82) is 0 Å². The fourth-order valence-electron chi connectivity index (χ4n) is 1.88. The molecule has 2 amide bonds. The van der Waals surface area contributed by atoms with Gasteiger partial charge >= 0.3 is 0 Å². The number of nitrogens with one attached hydrogen (secondary N) is 2. The molecule has 0 aliphatic carbocycles. The summed E-state index contributed by atoms with van der Waals surface area (Å²) in [6.45, 7) is 3.75. The van der Waals surface area contributed by atoms with Crippen LogP contribution in [0, 0.1) is 0 Å². The lowest BCUT2D eigenvalue weighted by atomic mass is 10.2. The summed E-state index contributed by atoms with van der Waals surface area (Å²) in [5.41, 5.74) is 0.977. The number of rotatable bonds is 5. The maximum Gasteiger partial charge on any atom is 0.256 e. The molecule has 1 aromatic heterocycles. The van der Waals surface area contributed by atoms with Crippen molar-refractivity contribution in [3.63, 3.8) is 0 Å². The van der Waals surface area contributed by atoms with Crippen LogP contribution in [0.1, 0.15) is 24.2 Å². The molecule has 0 aliphatic heterocycles. The first-order valence-electron chi connectivity index (χ1n) is 6.87. The average molecular weight is 299 g/mol. The smallest absolute Gasteiger partial charge is 0.256 e. The van der Waals surface area contributed by atoms with Gasteiger partial charge in [-0.3, -0.25) is 9.59 Å². The number of anilines is 2. The molecule has 2 rings (SSSR count). The number of ether oxygens (including phenoxy) is 1. The topological polar surface area (TPSA) is 80.3 Å². The molecule has 0 atom stereocenters. The van der Waals surface area contributed by atoms with Gasteiger partial charge in [-0.05, 0) is 37.3 Å². The van der Waals surface area contributed by atoms with Crippen molar-refractivity contribution < 1.29 is 14.3 Å². The van der Waals surface area contributed by atoms with Crippen LogP contribution in [-0.2, 0) is 4.79 Å². The zero-order chi connectivity index (χ0) is 15.9. The van der Waals surface area contributed by atoms with E-state index in [0.717, 1.165) is 0 Å². The molecule has 22 heavy (non-hydrogen) atoms. The summed E-state index contributed by atoms with van der Waals surface area (Å²) in [5.74, 6) is 0.350. The Morgan fingerprint density at radius 1 is 1.18 bits per heavy atom. The Hall–Kier alpha value is -2.89. The molecule has 0 saturated heterocycles. The van der Waals surface area contributed by atoms with Gasteiger partial charge in [0.15, 0.2) is 11.6 Å². The van der Waals surface area contributed by atoms with Crippen LogP contribution >= 0.6 is 0 Å². The number of nitrogens with zero attached hydrogens (tertiary/aromatic N) is 1. The number of carbonyl (C=O) groups is 2. The average Bonchev–Trinajstić information content (AvgIpc) is 2.49. The summed E-state index contributed by atoms with van der Waals surface area (Å²) in [4.78, 5) is 27.5. The van der Waals surface area contributed by atoms with Crippen LogP contribution in [0.3, 0.4) is 0 Å². The van der Waals surface area contributed by atoms with Crippen molar-refractivity contribution in [2.45, 2.75) is 13.8 Å². The second-order valence-electron chi connectivity index (χ2n) is 4.50. The Labute approximate surface area is 128 Å². The maximum absolute atomic E-state index is 12.3. The molecule has 1 heterocycles. The van der Waals surface area contributed by atoms with Crippen LogP contribution in [0.15, 0.2) is 42.6 Å². The highest BCUT2D eigenvalue weighted by atomic mass is 16.5. The van der Waals surface area contributed by atoms with Gasteiger partial charge in [0.2, 0.25) is 5.91 Å². The van der Waals surface area contributed by atoms with E-state index in [1.165, 1.54) is 6.92 Å². The van der Waals surface area contributed by atoms with Crippen molar-refractivity contribution in [1.82, 2.24) is 4.98 Å². The summed E-state index contributed by atoms with van der Waals surface area (Å²) >= 11 is 0. The number of amides is 2. The van der Waals surface area contributed by atoms with Crippen LogP contribution in [0.4, 0.5) is 11.5 Å². The Balaban J connectivity index is 2.17. The van der Waals surface area contributed by atoms with Crippen molar-refractivity contribution in [3.05, 3.63) is 48.2 Å². The van der Waals surface area contributed by atoms with Gasteiger partial charge in [-0.15, -0.1) is 0 Å². The standard InChI is InChI=1S/C16H17N3O3/c1-3-22-14-8-5-9-17-15(14)19-16(21)12-6-4-7-13(10-12)18-11(2)20/h4-10H,3H2,1-2H3,(H,18,20)(H,17,19,21). The molecule has 1 aromatic carbocycles. The van der Waals surface area contributed by atoms with E-state index in [1.807, 2.05) is 6.92 Å². The lowest BCUT2D eigenvalue weighted by Gasteiger charge is -2.10. The molecule has 0 fully saturated rings. The molecule has 0 aliphatic rings. The quantitative estimate of drug-likeness (QED) is 0.889. The summed E-state index contributed by atoms with van der Waals surface area (Å²) < 4.78 is 5.42. The number of pyridine rings is 1. The molecule has 114 valence electrons. The monoisotopic (exact) mass is 299 g/mol. The Bertz CT molecular complexity index is 686. The second kappa shape index (κ2) is 7.21. The minimum Gasteiger partial charge on any atom is -0.490 e. The molecule has 6 heteroatoms. The number of hydrogen-bond donors (Lipinski definition) is 2. The molecule has 0 radical (unpaired) electrons. The minimum absolute atomic E-state index is 0.194. The lowest BCUT2D eigenvalue weighted by molar-refractivity contribution is -0.114. The van der Waals surface area contributed by atoms with E-state index < -0.39 is 0 Å². The van der Waals surface area contributed by atoms with Gasteiger partial charge in [0, 0.05) is 24.4 Å². The maximum atomic E-state index is 12.3. The van der Waals surface area contributed by atoms with E-state index >= 15 is 0 Å². The molecule has 0 bridgehead atoms. The van der Waals surface area contributed by atoms with E-state index in [9.17, 15) is 9.59 Å². The molecule has 0 saturated carbocycles. The first kappa shape index (κ1) is 15.5. The van der Waals surface area contributed by atoms with Crippen LogP contribution < -0.4 is 15.4 Å². The van der Waals surface area contributed by atoms with Gasteiger partial charge in [-0.1, -0.05) is 6.07 Å². The van der Waals surface area contributed by atoms with Gasteiger partial charge in [-0.2, -0.15) is 0 Å². The van der Waals surface area contributed by atoms with Crippen molar-refractivity contribution in [2.75, 3.05) is 17.2 Å². The number of benzene rings is 1. The van der Waals surface area contributed by atoms with Gasteiger partial charge in [0.1, 0.15) is 0 Å². The zero-order valence-electron chi connectivity index (χ0n) is 12.4. The van der Waals surface area contributed by atoms with Crippen LogP contribution in [0.5, 0.6) is 5.75 Å². The highest BCUT2D eigenvalue weighted by molar-refractivity contribution is 6.05. The molecule has 0 spiro atoms. The number of hydrogen-bond acceptors (Lipinski definition) is 4. The lowest BCUT2D eigenvalue weighted by Crippen LogP contribution is -2.15. The highest BCUT2D eigenvalue weighted by Gasteiger charge is 2.11. The highest BCUT2D eigenvalue weighted by Crippen LogP contribution is 2.22. The first-order chi connectivity index (χ1) is 10.6. The molecule has 6 nitrogen and oxygen atoms in total. The SMILES string of the molecule is CCOc1cccnc1NC(=O)c1cccc(NC(C)=O)c1. The largest absolute Gasteiger partial charge is 0.490 e. The predicted octanol–water partition coefficient (Wildman–Crippen LogP) is 2.69. The van der Waals surface area contributed by atoms with E-state index in [4.69, 9.17) is 4.74 Å². The van der Waals surface area contributed by atoms with Crippen LogP contribution in [-0.4, -0.2) is 23.4 Å². The normalized spacial score (nSPS) is 9.91. The number of carbonyl (C=O) groups excluding carboxylic acids is 2. The molecule has 2 N–H and O–H groups in total. The predicted molar refractivity (Wildman–Crippen MR) is 84.1 cm³/mol. The van der Waals surface area contributed by atoms with Gasteiger partial charge in [-0.25, -0.2) is 4.98 Å². The summed E-state index contributed by atoms with van der Waals surface area (Å²) in [6.07, 6.45) is 1.58. The molecule has 2 aromatic rings. The number of aromatic nitrogens is 1. The van der Waals surface area contributed by atoms with Crippen molar-refractivity contribution in [3.8, 4) is 5.75 Å². The van der Waals surface area contributed by atoms with Gasteiger partial charge in [0.05, 0.1) is 6.61 Å². The van der Waals surface area contributed by atoms with Gasteiger partial charge < -0.3 is 15.4 Å². The summed E-state index contributed by atoms with van der Waals surface area (Å²) in [5, 5.41) is 5.34. The second-order valence-corrected chi connectivity index (χ2v) is 4.50. The summed E-state index contributed by atoms with van der Waals surface area (Å²) in [6, 6.07) is 10.1. The fraction of sp³-hybridized carbons (Fsp3) is 0.188. The van der Waals surface area contributed by atoms with E-state index in [2.05, 4.69) is 15.6 Å². The van der Waals surface area contributed by atoms with Crippen molar-refractivity contribution >= 4 is 23.3 Å². The Kier molecular flexibility index (Phi) is 5.08. The first-order valence-corrected chi connectivity index (χ1v) is 6.87. The van der Waals surface area contributed by atoms with Crippen LogP contribution in [0.2, 0.25) is 0 Å². The molecular weight excluding hydrogens is 282 g/mol.